The lowest BCUT2D eigenvalue weighted by Crippen LogP contribution is -2.09. The van der Waals surface area contributed by atoms with Crippen LogP contribution in [0.1, 0.15) is 13.8 Å². The summed E-state index contributed by atoms with van der Waals surface area (Å²) in [6, 6.07) is 4.00. The minimum absolute atomic E-state index is 0.586. The van der Waals surface area contributed by atoms with Crippen molar-refractivity contribution < 1.29 is 0 Å². The number of pyridine rings is 1. The zero-order valence-corrected chi connectivity index (χ0v) is 11.2. The predicted octanol–water partition coefficient (Wildman–Crippen LogP) is 3.31. The van der Waals surface area contributed by atoms with E-state index in [0.29, 0.717) is 5.92 Å². The Morgan fingerprint density at radius 1 is 1.28 bits per heavy atom. The van der Waals surface area contributed by atoms with Crippen molar-refractivity contribution in [3.63, 3.8) is 0 Å². The van der Waals surface area contributed by atoms with Crippen LogP contribution in [0.5, 0.6) is 0 Å². The molecule has 0 radical (unpaired) electrons. The summed E-state index contributed by atoms with van der Waals surface area (Å²) in [7, 11) is 0. The van der Waals surface area contributed by atoms with Crippen molar-refractivity contribution in [2.45, 2.75) is 13.8 Å². The van der Waals surface area contributed by atoms with Gasteiger partial charge in [-0.05, 0) is 18.1 Å². The quantitative estimate of drug-likeness (QED) is 0.783. The van der Waals surface area contributed by atoms with Crippen molar-refractivity contribution in [2.24, 2.45) is 5.92 Å². The molecule has 0 fully saturated rings. The third-order valence-corrected chi connectivity index (χ3v) is 3.82. The Morgan fingerprint density at radius 3 is 3.00 bits per heavy atom. The molecule has 3 aromatic rings. The molecule has 0 saturated carbocycles. The highest BCUT2D eigenvalue weighted by molar-refractivity contribution is 7.25. The van der Waals surface area contributed by atoms with Gasteiger partial charge in [0, 0.05) is 18.1 Å². The van der Waals surface area contributed by atoms with Crippen LogP contribution in [0.4, 0.5) is 5.82 Å². The number of rotatable bonds is 3. The zero-order valence-electron chi connectivity index (χ0n) is 10.3. The molecule has 0 aliphatic carbocycles. The van der Waals surface area contributed by atoms with Gasteiger partial charge < -0.3 is 5.32 Å². The van der Waals surface area contributed by atoms with Gasteiger partial charge >= 0.3 is 0 Å². The van der Waals surface area contributed by atoms with Crippen molar-refractivity contribution in [2.75, 3.05) is 11.9 Å². The monoisotopic (exact) mass is 258 g/mol. The summed E-state index contributed by atoms with van der Waals surface area (Å²) in [5, 5.41) is 4.48. The number of hydrogen-bond donors (Lipinski definition) is 1. The molecule has 4 nitrogen and oxygen atoms in total. The second-order valence-corrected chi connectivity index (χ2v) is 5.63. The summed E-state index contributed by atoms with van der Waals surface area (Å²) in [4.78, 5) is 14.1. The fraction of sp³-hybridized carbons (Fsp3) is 0.308. The minimum atomic E-state index is 0.586. The highest BCUT2D eigenvalue weighted by Gasteiger charge is 2.11. The summed E-state index contributed by atoms with van der Waals surface area (Å²) in [6.45, 7) is 5.27. The van der Waals surface area contributed by atoms with Gasteiger partial charge in [0.05, 0.1) is 10.2 Å². The highest BCUT2D eigenvalue weighted by Crippen LogP contribution is 2.34. The van der Waals surface area contributed by atoms with Gasteiger partial charge in [-0.15, -0.1) is 11.3 Å². The number of thiophene rings is 1. The van der Waals surface area contributed by atoms with Crippen LogP contribution >= 0.6 is 11.3 Å². The molecule has 3 heterocycles. The molecule has 92 valence electrons. The molecule has 0 amide bonds. The van der Waals surface area contributed by atoms with Crippen molar-refractivity contribution in [3.05, 3.63) is 24.7 Å². The second kappa shape index (κ2) is 4.49. The van der Waals surface area contributed by atoms with Gasteiger partial charge in [0.15, 0.2) is 0 Å². The number of nitrogens with one attached hydrogen (secondary N) is 1. The van der Waals surface area contributed by atoms with Gasteiger partial charge in [-0.2, -0.15) is 0 Å². The Kier molecular flexibility index (Phi) is 2.83. The minimum Gasteiger partial charge on any atom is -0.369 e. The molecule has 0 aliphatic heterocycles. The summed E-state index contributed by atoms with van der Waals surface area (Å²) in [6.07, 6.45) is 3.43. The van der Waals surface area contributed by atoms with Crippen LogP contribution in [0.3, 0.4) is 0 Å². The highest BCUT2D eigenvalue weighted by atomic mass is 32.1. The van der Waals surface area contributed by atoms with E-state index in [1.807, 2.05) is 12.3 Å². The molecule has 18 heavy (non-hydrogen) atoms. The lowest BCUT2D eigenvalue weighted by Gasteiger charge is -2.07. The van der Waals surface area contributed by atoms with E-state index in [4.69, 9.17) is 0 Å². The average molecular weight is 258 g/mol. The SMILES string of the molecule is CC(C)CNc1ncnc2c1sc1ncccc12. The van der Waals surface area contributed by atoms with E-state index in [0.717, 1.165) is 32.8 Å². The molecular weight excluding hydrogens is 244 g/mol. The summed E-state index contributed by atoms with van der Waals surface area (Å²) < 4.78 is 1.09. The Labute approximate surface area is 109 Å². The molecule has 0 aromatic carbocycles. The fourth-order valence-corrected chi connectivity index (χ4v) is 2.90. The van der Waals surface area contributed by atoms with Gasteiger partial charge in [-0.25, -0.2) is 15.0 Å². The molecule has 1 N–H and O–H groups in total. The van der Waals surface area contributed by atoms with Crippen molar-refractivity contribution in [3.8, 4) is 0 Å². The number of fused-ring (bicyclic) bond motifs is 3. The van der Waals surface area contributed by atoms with E-state index < -0.39 is 0 Å². The maximum atomic E-state index is 4.38. The second-order valence-electron chi connectivity index (χ2n) is 4.63. The topological polar surface area (TPSA) is 50.7 Å². The van der Waals surface area contributed by atoms with Gasteiger partial charge in [-0.1, -0.05) is 13.8 Å². The molecule has 0 bridgehead atoms. The summed E-state index contributed by atoms with van der Waals surface area (Å²) in [5.41, 5.74) is 0.990. The van der Waals surface area contributed by atoms with Gasteiger partial charge in [0.2, 0.25) is 0 Å². The van der Waals surface area contributed by atoms with Gasteiger partial charge in [0.1, 0.15) is 17.0 Å². The van der Waals surface area contributed by atoms with Crippen molar-refractivity contribution >= 4 is 37.6 Å². The van der Waals surface area contributed by atoms with E-state index in [2.05, 4.69) is 40.2 Å². The Bertz CT molecular complexity index is 690. The maximum Gasteiger partial charge on any atom is 0.147 e. The Morgan fingerprint density at radius 2 is 2.17 bits per heavy atom. The molecule has 0 unspecified atom stereocenters. The Balaban J connectivity index is 2.15. The first-order valence-corrected chi connectivity index (χ1v) is 6.79. The lowest BCUT2D eigenvalue weighted by molar-refractivity contribution is 0.687. The third-order valence-electron chi connectivity index (χ3n) is 2.71. The molecule has 3 aromatic heterocycles. The summed E-state index contributed by atoms with van der Waals surface area (Å²) >= 11 is 1.64. The molecule has 5 heteroatoms. The van der Waals surface area contributed by atoms with E-state index >= 15 is 0 Å². The van der Waals surface area contributed by atoms with Crippen LogP contribution < -0.4 is 5.32 Å². The van der Waals surface area contributed by atoms with E-state index in [1.54, 1.807) is 17.7 Å². The van der Waals surface area contributed by atoms with Crippen LogP contribution in [0.15, 0.2) is 24.7 Å². The maximum absolute atomic E-state index is 4.38. The van der Waals surface area contributed by atoms with Crippen LogP contribution in [-0.2, 0) is 0 Å². The lowest BCUT2D eigenvalue weighted by atomic mass is 10.2. The number of aromatic nitrogens is 3. The van der Waals surface area contributed by atoms with E-state index in [-0.39, 0.29) is 0 Å². The van der Waals surface area contributed by atoms with E-state index in [9.17, 15) is 0 Å². The largest absolute Gasteiger partial charge is 0.369 e. The molecular formula is C13H14N4S. The van der Waals surface area contributed by atoms with E-state index in [1.165, 1.54) is 0 Å². The smallest absolute Gasteiger partial charge is 0.147 e. The van der Waals surface area contributed by atoms with Gasteiger partial charge in [-0.3, -0.25) is 0 Å². The normalized spacial score (nSPS) is 11.5. The van der Waals surface area contributed by atoms with Crippen LogP contribution in [-0.4, -0.2) is 21.5 Å². The number of nitrogens with zero attached hydrogens (tertiary/aromatic N) is 3. The zero-order chi connectivity index (χ0) is 12.5. The molecule has 0 aliphatic rings. The van der Waals surface area contributed by atoms with Crippen molar-refractivity contribution in [1.29, 1.82) is 0 Å². The number of anilines is 1. The van der Waals surface area contributed by atoms with Gasteiger partial charge in [0.25, 0.3) is 0 Å². The standard InChI is InChI=1S/C13H14N4S/c1-8(2)6-15-12-11-10(16-7-17-12)9-4-3-5-14-13(9)18-11/h3-5,7-8H,6H2,1-2H3,(H,15,16,17). The Hall–Kier alpha value is -1.75. The average Bonchev–Trinajstić information content (AvgIpc) is 2.75. The third kappa shape index (κ3) is 1.90. The van der Waals surface area contributed by atoms with Crippen LogP contribution in [0.2, 0.25) is 0 Å². The molecule has 0 spiro atoms. The fourth-order valence-electron chi connectivity index (χ4n) is 1.84. The predicted molar refractivity (Wildman–Crippen MR) is 76.0 cm³/mol. The number of hydrogen-bond acceptors (Lipinski definition) is 5. The molecule has 3 rings (SSSR count). The first-order chi connectivity index (χ1) is 8.75. The van der Waals surface area contributed by atoms with Crippen LogP contribution in [0, 0.1) is 5.92 Å². The first kappa shape index (κ1) is 11.3. The summed E-state index contributed by atoms with van der Waals surface area (Å²) in [5.74, 6) is 1.50. The first-order valence-electron chi connectivity index (χ1n) is 5.98. The molecule has 0 atom stereocenters. The van der Waals surface area contributed by atoms with Crippen molar-refractivity contribution in [1.82, 2.24) is 15.0 Å². The van der Waals surface area contributed by atoms with Crippen LogP contribution in [0.25, 0.3) is 20.4 Å². The molecule has 0 saturated heterocycles.